The molecule has 1 fully saturated rings. The van der Waals surface area contributed by atoms with Crippen LogP contribution in [-0.2, 0) is 11.2 Å². The zero-order valence-corrected chi connectivity index (χ0v) is 16.0. The SMILES string of the molecule is S=C(NCCc1ccccc1)NC[C@H](c1cccs1)N1CCOCC1. The molecule has 1 aromatic carbocycles. The quantitative estimate of drug-likeness (QED) is 0.728. The number of hydrogen-bond donors (Lipinski definition) is 2. The summed E-state index contributed by atoms with van der Waals surface area (Å²) < 4.78 is 5.49. The van der Waals surface area contributed by atoms with E-state index in [9.17, 15) is 0 Å². The Morgan fingerprint density at radius 1 is 1.12 bits per heavy atom. The molecule has 1 aromatic heterocycles. The lowest BCUT2D eigenvalue weighted by Gasteiger charge is -2.34. The maximum atomic E-state index is 5.49. The summed E-state index contributed by atoms with van der Waals surface area (Å²) in [6.07, 6.45) is 0.973. The van der Waals surface area contributed by atoms with Gasteiger partial charge in [-0.1, -0.05) is 36.4 Å². The molecule has 4 nitrogen and oxygen atoms in total. The van der Waals surface area contributed by atoms with E-state index in [0.29, 0.717) is 6.04 Å². The molecule has 2 N–H and O–H groups in total. The molecule has 0 amide bonds. The molecule has 134 valence electrons. The maximum absolute atomic E-state index is 5.49. The van der Waals surface area contributed by atoms with Gasteiger partial charge in [-0.2, -0.15) is 0 Å². The van der Waals surface area contributed by atoms with E-state index in [4.69, 9.17) is 17.0 Å². The van der Waals surface area contributed by atoms with Crippen molar-refractivity contribution in [3.05, 3.63) is 58.3 Å². The first-order valence-electron chi connectivity index (χ1n) is 8.74. The monoisotopic (exact) mass is 375 g/mol. The van der Waals surface area contributed by atoms with Crippen molar-refractivity contribution in [3.8, 4) is 0 Å². The molecule has 3 rings (SSSR count). The molecule has 25 heavy (non-hydrogen) atoms. The minimum atomic E-state index is 0.345. The molecule has 0 bridgehead atoms. The average Bonchev–Trinajstić information content (AvgIpc) is 3.18. The van der Waals surface area contributed by atoms with Crippen LogP contribution in [0.15, 0.2) is 47.8 Å². The van der Waals surface area contributed by atoms with E-state index in [1.54, 1.807) is 11.3 Å². The molecular formula is C19H25N3OS2. The van der Waals surface area contributed by atoms with Gasteiger partial charge in [-0.05, 0) is 35.6 Å². The first kappa shape index (κ1) is 18.3. The maximum Gasteiger partial charge on any atom is 0.166 e. The van der Waals surface area contributed by atoms with Crippen LogP contribution in [0, 0.1) is 0 Å². The van der Waals surface area contributed by atoms with Crippen molar-refractivity contribution in [2.24, 2.45) is 0 Å². The van der Waals surface area contributed by atoms with Gasteiger partial charge in [0.1, 0.15) is 0 Å². The van der Waals surface area contributed by atoms with E-state index in [0.717, 1.165) is 50.9 Å². The van der Waals surface area contributed by atoms with E-state index >= 15 is 0 Å². The topological polar surface area (TPSA) is 36.5 Å². The lowest BCUT2D eigenvalue weighted by Crippen LogP contribution is -2.45. The van der Waals surface area contributed by atoms with Crippen molar-refractivity contribution in [1.82, 2.24) is 15.5 Å². The van der Waals surface area contributed by atoms with E-state index in [1.165, 1.54) is 10.4 Å². The largest absolute Gasteiger partial charge is 0.379 e. The number of thiocarbonyl (C=S) groups is 1. The molecule has 1 aliphatic heterocycles. The summed E-state index contributed by atoms with van der Waals surface area (Å²) >= 11 is 7.26. The highest BCUT2D eigenvalue weighted by molar-refractivity contribution is 7.80. The second-order valence-electron chi connectivity index (χ2n) is 6.05. The van der Waals surface area contributed by atoms with E-state index in [2.05, 4.69) is 57.3 Å². The van der Waals surface area contributed by atoms with Gasteiger partial charge in [-0.15, -0.1) is 11.3 Å². The smallest absolute Gasteiger partial charge is 0.166 e. The van der Waals surface area contributed by atoms with Crippen LogP contribution in [-0.4, -0.2) is 49.4 Å². The van der Waals surface area contributed by atoms with Gasteiger partial charge in [0.2, 0.25) is 0 Å². The number of morpholine rings is 1. The van der Waals surface area contributed by atoms with E-state index in [1.807, 2.05) is 6.07 Å². The van der Waals surface area contributed by atoms with Crippen LogP contribution < -0.4 is 10.6 Å². The number of ether oxygens (including phenoxy) is 1. The highest BCUT2D eigenvalue weighted by atomic mass is 32.1. The lowest BCUT2D eigenvalue weighted by molar-refractivity contribution is 0.0177. The first-order chi connectivity index (χ1) is 12.3. The summed E-state index contributed by atoms with van der Waals surface area (Å²) in [7, 11) is 0. The van der Waals surface area contributed by atoms with Crippen LogP contribution >= 0.6 is 23.6 Å². The van der Waals surface area contributed by atoms with Gasteiger partial charge in [0.15, 0.2) is 5.11 Å². The third kappa shape index (κ3) is 5.78. The third-order valence-electron chi connectivity index (χ3n) is 4.36. The molecule has 0 aliphatic carbocycles. The Bertz CT molecular complexity index is 627. The van der Waals surface area contributed by atoms with E-state index < -0.39 is 0 Å². The van der Waals surface area contributed by atoms with Crippen molar-refractivity contribution in [2.75, 3.05) is 39.4 Å². The second kappa shape index (κ2) is 9.87. The van der Waals surface area contributed by atoms with Crippen molar-refractivity contribution < 1.29 is 4.74 Å². The summed E-state index contributed by atoms with van der Waals surface area (Å²) in [5, 5.41) is 9.58. The van der Waals surface area contributed by atoms with Crippen LogP contribution in [0.3, 0.4) is 0 Å². The number of nitrogens with zero attached hydrogens (tertiary/aromatic N) is 1. The van der Waals surface area contributed by atoms with Gasteiger partial charge in [-0.25, -0.2) is 0 Å². The molecular weight excluding hydrogens is 350 g/mol. The van der Waals surface area contributed by atoms with Gasteiger partial charge in [0.05, 0.1) is 19.3 Å². The number of thiophene rings is 1. The van der Waals surface area contributed by atoms with E-state index in [-0.39, 0.29) is 0 Å². The number of hydrogen-bond acceptors (Lipinski definition) is 4. The van der Waals surface area contributed by atoms with Gasteiger partial charge >= 0.3 is 0 Å². The van der Waals surface area contributed by atoms with Crippen molar-refractivity contribution in [3.63, 3.8) is 0 Å². The Hall–Kier alpha value is -1.47. The van der Waals surface area contributed by atoms with Crippen molar-refractivity contribution >= 4 is 28.7 Å². The fourth-order valence-corrected chi connectivity index (χ4v) is 4.04. The lowest BCUT2D eigenvalue weighted by atomic mass is 10.1. The predicted molar refractivity (Wildman–Crippen MR) is 108 cm³/mol. The van der Waals surface area contributed by atoms with Crippen LogP contribution in [0.4, 0.5) is 0 Å². The van der Waals surface area contributed by atoms with Crippen LogP contribution in [0.25, 0.3) is 0 Å². The summed E-state index contributed by atoms with van der Waals surface area (Å²) in [6.45, 7) is 5.22. The molecule has 0 spiro atoms. The first-order valence-corrected chi connectivity index (χ1v) is 10.0. The van der Waals surface area contributed by atoms with Crippen LogP contribution in [0.1, 0.15) is 16.5 Å². The molecule has 6 heteroatoms. The van der Waals surface area contributed by atoms with Crippen LogP contribution in [0.5, 0.6) is 0 Å². The molecule has 1 saturated heterocycles. The average molecular weight is 376 g/mol. The Morgan fingerprint density at radius 3 is 2.64 bits per heavy atom. The molecule has 0 saturated carbocycles. The molecule has 1 aliphatic rings. The van der Waals surface area contributed by atoms with Gasteiger partial charge < -0.3 is 15.4 Å². The van der Waals surface area contributed by atoms with Gasteiger partial charge in [0.25, 0.3) is 0 Å². The Kier molecular flexibility index (Phi) is 7.23. The van der Waals surface area contributed by atoms with Crippen molar-refractivity contribution in [1.29, 1.82) is 0 Å². The molecule has 2 heterocycles. The van der Waals surface area contributed by atoms with Gasteiger partial charge in [0, 0.05) is 31.1 Å². The fraction of sp³-hybridized carbons (Fsp3) is 0.421. The normalized spacial score (nSPS) is 16.3. The summed E-state index contributed by atoms with van der Waals surface area (Å²) in [5.41, 5.74) is 1.32. The third-order valence-corrected chi connectivity index (χ3v) is 5.62. The molecule has 0 unspecified atom stereocenters. The Balaban J connectivity index is 1.46. The summed E-state index contributed by atoms with van der Waals surface area (Å²) in [5.74, 6) is 0. The highest BCUT2D eigenvalue weighted by Crippen LogP contribution is 2.25. The highest BCUT2D eigenvalue weighted by Gasteiger charge is 2.23. The fourth-order valence-electron chi connectivity index (χ4n) is 3.00. The standard InChI is InChI=1S/C19H25N3OS2/c24-19(20-9-8-16-5-2-1-3-6-16)21-15-17(18-7-4-14-25-18)22-10-12-23-13-11-22/h1-7,14,17H,8-13,15H2,(H2,20,21,24)/t17-/m1/s1. The number of nitrogens with one attached hydrogen (secondary N) is 2. The second-order valence-corrected chi connectivity index (χ2v) is 7.44. The predicted octanol–water partition coefficient (Wildman–Crippen LogP) is 2.83. The summed E-state index contributed by atoms with van der Waals surface area (Å²) in [4.78, 5) is 3.86. The van der Waals surface area contributed by atoms with Crippen LogP contribution in [0.2, 0.25) is 0 Å². The van der Waals surface area contributed by atoms with Crippen molar-refractivity contribution in [2.45, 2.75) is 12.5 Å². The molecule has 2 aromatic rings. The van der Waals surface area contributed by atoms with Gasteiger partial charge in [-0.3, -0.25) is 4.90 Å². The Labute approximate surface area is 159 Å². The molecule has 0 radical (unpaired) electrons. The minimum Gasteiger partial charge on any atom is -0.379 e. The zero-order valence-electron chi connectivity index (χ0n) is 14.3. The minimum absolute atomic E-state index is 0.345. The summed E-state index contributed by atoms with van der Waals surface area (Å²) in [6, 6.07) is 15.1. The zero-order chi connectivity index (χ0) is 17.3. The number of rotatable bonds is 7. The number of benzene rings is 1. The molecule has 1 atom stereocenters. The Morgan fingerprint density at radius 2 is 1.92 bits per heavy atom.